The van der Waals surface area contributed by atoms with Gasteiger partial charge in [0.2, 0.25) is 0 Å². The van der Waals surface area contributed by atoms with Crippen molar-refractivity contribution in [2.45, 2.75) is 39.2 Å². The van der Waals surface area contributed by atoms with E-state index in [-0.39, 0.29) is 0 Å². The van der Waals surface area contributed by atoms with E-state index in [1.165, 1.54) is 38.9 Å². The van der Waals surface area contributed by atoms with Crippen molar-refractivity contribution in [3.63, 3.8) is 0 Å². The van der Waals surface area contributed by atoms with Crippen LogP contribution in [0.4, 0.5) is 0 Å². The highest BCUT2D eigenvalue weighted by molar-refractivity contribution is 5.01. The first-order chi connectivity index (χ1) is 7.03. The van der Waals surface area contributed by atoms with Crippen LogP contribution in [-0.2, 0) is 0 Å². The fraction of sp³-hybridized carbons (Fsp3) is 1.00. The molecule has 1 saturated carbocycles. The van der Waals surface area contributed by atoms with Gasteiger partial charge in [-0.1, -0.05) is 0 Å². The normalized spacial score (nSPS) is 36.8. The molecule has 2 unspecified atom stereocenters. The Kier molecular flexibility index (Phi) is 3.09. The Labute approximate surface area is 94.6 Å². The van der Waals surface area contributed by atoms with E-state index in [2.05, 4.69) is 37.7 Å². The molecule has 1 aliphatic carbocycles. The molecular formula is C13H26N2. The SMILES string of the molecule is CC(C)N(C)CC1CCC12CCN(C)C2. The second kappa shape index (κ2) is 4.06. The predicted molar refractivity (Wildman–Crippen MR) is 65.0 cm³/mol. The summed E-state index contributed by atoms with van der Waals surface area (Å²) in [5, 5.41) is 0. The van der Waals surface area contributed by atoms with Crippen molar-refractivity contribution in [3.8, 4) is 0 Å². The van der Waals surface area contributed by atoms with E-state index in [0.29, 0.717) is 11.5 Å². The molecule has 2 heteroatoms. The van der Waals surface area contributed by atoms with Crippen molar-refractivity contribution < 1.29 is 0 Å². The quantitative estimate of drug-likeness (QED) is 0.703. The Morgan fingerprint density at radius 2 is 2.13 bits per heavy atom. The molecule has 0 aromatic rings. The minimum Gasteiger partial charge on any atom is -0.306 e. The summed E-state index contributed by atoms with van der Waals surface area (Å²) in [7, 11) is 4.55. The highest BCUT2D eigenvalue weighted by Crippen LogP contribution is 2.52. The number of nitrogens with zero attached hydrogens (tertiary/aromatic N) is 2. The first-order valence-electron chi connectivity index (χ1n) is 6.42. The van der Waals surface area contributed by atoms with Crippen LogP contribution >= 0.6 is 0 Å². The second-order valence-corrected chi connectivity index (χ2v) is 6.12. The summed E-state index contributed by atoms with van der Waals surface area (Å²) in [6.45, 7) is 8.58. The summed E-state index contributed by atoms with van der Waals surface area (Å²) in [6, 6.07) is 0.696. The van der Waals surface area contributed by atoms with Crippen LogP contribution < -0.4 is 0 Å². The number of likely N-dealkylation sites (tertiary alicyclic amines) is 1. The average molecular weight is 210 g/mol. The Morgan fingerprint density at radius 1 is 1.40 bits per heavy atom. The molecule has 1 saturated heterocycles. The monoisotopic (exact) mass is 210 g/mol. The highest BCUT2D eigenvalue weighted by atomic mass is 15.2. The van der Waals surface area contributed by atoms with E-state index < -0.39 is 0 Å². The van der Waals surface area contributed by atoms with Gasteiger partial charge in [0, 0.05) is 19.1 Å². The maximum absolute atomic E-state index is 2.52. The van der Waals surface area contributed by atoms with Crippen molar-refractivity contribution in [2.24, 2.45) is 11.3 Å². The van der Waals surface area contributed by atoms with Gasteiger partial charge in [-0.2, -0.15) is 0 Å². The van der Waals surface area contributed by atoms with Crippen LogP contribution in [0.25, 0.3) is 0 Å². The summed E-state index contributed by atoms with van der Waals surface area (Å²) in [4.78, 5) is 5.03. The third-order valence-corrected chi connectivity index (χ3v) is 4.82. The Balaban J connectivity index is 1.89. The molecule has 0 N–H and O–H groups in total. The van der Waals surface area contributed by atoms with Crippen LogP contribution in [0.1, 0.15) is 33.1 Å². The van der Waals surface area contributed by atoms with Crippen molar-refractivity contribution in [1.82, 2.24) is 9.80 Å². The zero-order valence-electron chi connectivity index (χ0n) is 10.8. The smallest absolute Gasteiger partial charge is 0.00385 e. The van der Waals surface area contributed by atoms with Gasteiger partial charge in [-0.3, -0.25) is 0 Å². The molecule has 0 bridgehead atoms. The minimum absolute atomic E-state index is 0.696. The van der Waals surface area contributed by atoms with Gasteiger partial charge >= 0.3 is 0 Å². The lowest BCUT2D eigenvalue weighted by atomic mass is 9.59. The Bertz CT molecular complexity index is 227. The molecule has 15 heavy (non-hydrogen) atoms. The van der Waals surface area contributed by atoms with Crippen molar-refractivity contribution in [2.75, 3.05) is 33.7 Å². The lowest BCUT2D eigenvalue weighted by Gasteiger charge is -2.49. The van der Waals surface area contributed by atoms with Crippen molar-refractivity contribution in [1.29, 1.82) is 0 Å². The van der Waals surface area contributed by atoms with Crippen LogP contribution in [-0.4, -0.2) is 49.6 Å². The fourth-order valence-electron chi connectivity index (χ4n) is 3.25. The molecule has 88 valence electrons. The van der Waals surface area contributed by atoms with Gasteiger partial charge in [0.15, 0.2) is 0 Å². The third kappa shape index (κ3) is 2.07. The predicted octanol–water partition coefficient (Wildman–Crippen LogP) is 2.06. The van der Waals surface area contributed by atoms with Crippen molar-refractivity contribution in [3.05, 3.63) is 0 Å². The van der Waals surface area contributed by atoms with E-state index in [9.17, 15) is 0 Å². The maximum Gasteiger partial charge on any atom is 0.00385 e. The van der Waals surface area contributed by atoms with Gasteiger partial charge in [0.1, 0.15) is 0 Å². The standard InChI is InChI=1S/C13H26N2/c1-11(2)15(4)9-12-5-6-13(12)7-8-14(3)10-13/h11-12H,5-10H2,1-4H3. The molecule has 0 amide bonds. The van der Waals surface area contributed by atoms with Gasteiger partial charge in [0.05, 0.1) is 0 Å². The van der Waals surface area contributed by atoms with E-state index >= 15 is 0 Å². The Hall–Kier alpha value is -0.0800. The van der Waals surface area contributed by atoms with Gasteiger partial charge in [-0.05, 0) is 65.1 Å². The van der Waals surface area contributed by atoms with Crippen LogP contribution in [0.15, 0.2) is 0 Å². The molecule has 2 aliphatic rings. The number of rotatable bonds is 3. The molecule has 2 fully saturated rings. The number of hydrogen-bond acceptors (Lipinski definition) is 2. The Morgan fingerprint density at radius 3 is 2.53 bits per heavy atom. The van der Waals surface area contributed by atoms with Crippen LogP contribution in [0, 0.1) is 11.3 Å². The van der Waals surface area contributed by atoms with E-state index in [1.807, 2.05) is 0 Å². The molecule has 2 rings (SSSR count). The lowest BCUT2D eigenvalue weighted by molar-refractivity contribution is 0.0124. The van der Waals surface area contributed by atoms with Crippen molar-refractivity contribution >= 4 is 0 Å². The zero-order chi connectivity index (χ0) is 11.1. The minimum atomic E-state index is 0.696. The van der Waals surface area contributed by atoms with Gasteiger partial charge in [-0.15, -0.1) is 0 Å². The molecule has 2 atom stereocenters. The molecular weight excluding hydrogens is 184 g/mol. The molecule has 1 aliphatic heterocycles. The first-order valence-corrected chi connectivity index (χ1v) is 6.42. The van der Waals surface area contributed by atoms with Gasteiger partial charge in [0.25, 0.3) is 0 Å². The fourth-order valence-corrected chi connectivity index (χ4v) is 3.25. The van der Waals surface area contributed by atoms with Gasteiger partial charge in [-0.25, -0.2) is 0 Å². The largest absolute Gasteiger partial charge is 0.306 e. The van der Waals surface area contributed by atoms with E-state index in [0.717, 1.165) is 5.92 Å². The molecule has 2 nitrogen and oxygen atoms in total. The van der Waals surface area contributed by atoms with Crippen LogP contribution in [0.3, 0.4) is 0 Å². The molecule has 0 radical (unpaired) electrons. The number of hydrogen-bond donors (Lipinski definition) is 0. The third-order valence-electron chi connectivity index (χ3n) is 4.82. The zero-order valence-corrected chi connectivity index (χ0v) is 10.8. The topological polar surface area (TPSA) is 6.48 Å². The molecule has 0 aromatic heterocycles. The summed E-state index contributed by atoms with van der Waals surface area (Å²) < 4.78 is 0. The second-order valence-electron chi connectivity index (χ2n) is 6.12. The molecule has 0 aromatic carbocycles. The lowest BCUT2D eigenvalue weighted by Crippen LogP contribution is -2.48. The average Bonchev–Trinajstić information content (AvgIpc) is 2.57. The molecule has 1 heterocycles. The summed E-state index contributed by atoms with van der Waals surface area (Å²) in [5.74, 6) is 0.967. The summed E-state index contributed by atoms with van der Waals surface area (Å²) >= 11 is 0. The van der Waals surface area contributed by atoms with Gasteiger partial charge < -0.3 is 9.80 Å². The highest BCUT2D eigenvalue weighted by Gasteiger charge is 2.49. The summed E-state index contributed by atoms with van der Waals surface area (Å²) in [5.41, 5.74) is 0.706. The molecule has 1 spiro atoms. The van der Waals surface area contributed by atoms with E-state index in [4.69, 9.17) is 0 Å². The van der Waals surface area contributed by atoms with Crippen LogP contribution in [0.2, 0.25) is 0 Å². The maximum atomic E-state index is 2.52. The van der Waals surface area contributed by atoms with Crippen LogP contribution in [0.5, 0.6) is 0 Å². The first kappa shape index (κ1) is 11.4. The van der Waals surface area contributed by atoms with E-state index in [1.54, 1.807) is 0 Å². The summed E-state index contributed by atoms with van der Waals surface area (Å²) in [6.07, 6.45) is 4.39.